The van der Waals surface area contributed by atoms with Crippen molar-refractivity contribution >= 4 is 11.8 Å². The normalized spacial score (nSPS) is 10.0. The Bertz CT molecular complexity index is 28.7. The quantitative estimate of drug-likeness (QED) is 0.487. The fourth-order valence-corrected chi connectivity index (χ4v) is 0.408. The predicted molar refractivity (Wildman–Crippen MR) is 28.3 cm³/mol. The van der Waals surface area contributed by atoms with Crippen LogP contribution in [-0.2, 0) is 5.11 Å². The number of thioether (sulfide) groups is 1. The largest absolute Gasteiger partial charge is 0.225 e. The van der Waals surface area contributed by atoms with Crippen LogP contribution < -0.4 is 0 Å². The number of hydrogen-bond donors (Lipinski definition) is 0. The van der Waals surface area contributed by atoms with E-state index in [-0.39, 0.29) is 5.94 Å². The van der Waals surface area contributed by atoms with Crippen LogP contribution in [0.15, 0.2) is 0 Å². The average Bonchev–Trinajstić information content (AvgIpc) is 1.35. The van der Waals surface area contributed by atoms with Gasteiger partial charge in [0.15, 0.2) is 0 Å². The van der Waals surface area contributed by atoms with Gasteiger partial charge in [0.05, 0.1) is 0 Å². The van der Waals surface area contributed by atoms with Gasteiger partial charge in [0.2, 0.25) is 0 Å². The Hall–Kier alpha value is 0.310. The van der Waals surface area contributed by atoms with Crippen LogP contribution in [0.1, 0.15) is 13.8 Å². The standard InChI is InChI=1S/C4H9OS/c1-4(2)6-3-5/h4H,3H2,1-2H3. The summed E-state index contributed by atoms with van der Waals surface area (Å²) in [6.07, 6.45) is 0. The highest BCUT2D eigenvalue weighted by molar-refractivity contribution is 7.99. The highest BCUT2D eigenvalue weighted by Gasteiger charge is 1.87. The van der Waals surface area contributed by atoms with Gasteiger partial charge in [-0.15, -0.1) is 11.8 Å². The van der Waals surface area contributed by atoms with E-state index in [2.05, 4.69) is 0 Å². The maximum Gasteiger partial charge on any atom is 0.128 e. The topological polar surface area (TPSA) is 19.9 Å². The van der Waals surface area contributed by atoms with Gasteiger partial charge in [0, 0.05) is 5.25 Å². The van der Waals surface area contributed by atoms with Crippen molar-refractivity contribution in [2.75, 3.05) is 5.94 Å². The zero-order chi connectivity index (χ0) is 4.99. The lowest BCUT2D eigenvalue weighted by Gasteiger charge is -1.94. The van der Waals surface area contributed by atoms with Gasteiger partial charge in [0.25, 0.3) is 0 Å². The first kappa shape index (κ1) is 6.31. The molecule has 0 fully saturated rings. The van der Waals surface area contributed by atoms with E-state index in [0.717, 1.165) is 0 Å². The van der Waals surface area contributed by atoms with Crippen LogP contribution in [0.2, 0.25) is 0 Å². The minimum Gasteiger partial charge on any atom is -0.225 e. The zero-order valence-electron chi connectivity index (χ0n) is 4.10. The van der Waals surface area contributed by atoms with Gasteiger partial charge in [-0.3, -0.25) is 0 Å². The van der Waals surface area contributed by atoms with Gasteiger partial charge in [-0.05, 0) is 0 Å². The molecule has 0 aliphatic rings. The lowest BCUT2D eigenvalue weighted by atomic mass is 10.6. The minimum absolute atomic E-state index is 0.00231. The Morgan fingerprint density at radius 2 is 2.17 bits per heavy atom. The molecule has 0 aromatic carbocycles. The summed E-state index contributed by atoms with van der Waals surface area (Å²) in [6.45, 7) is 4.03. The summed E-state index contributed by atoms with van der Waals surface area (Å²) in [4.78, 5) is 0. The molecule has 0 atom stereocenters. The molecule has 37 valence electrons. The highest BCUT2D eigenvalue weighted by Crippen LogP contribution is 2.05. The molecular weight excluding hydrogens is 96.1 g/mol. The summed E-state index contributed by atoms with van der Waals surface area (Å²) in [5.41, 5.74) is 0. The van der Waals surface area contributed by atoms with Crippen molar-refractivity contribution in [3.63, 3.8) is 0 Å². The van der Waals surface area contributed by atoms with E-state index in [1.165, 1.54) is 11.8 Å². The van der Waals surface area contributed by atoms with Crippen LogP contribution in [-0.4, -0.2) is 11.2 Å². The van der Waals surface area contributed by atoms with Crippen molar-refractivity contribution in [1.29, 1.82) is 0 Å². The van der Waals surface area contributed by atoms with Crippen LogP contribution in [0.25, 0.3) is 0 Å². The second kappa shape index (κ2) is 3.50. The Kier molecular flexibility index (Phi) is 3.68. The molecule has 0 aliphatic carbocycles. The maximum absolute atomic E-state index is 9.70. The SMILES string of the molecule is CC(C)SC[O]. The van der Waals surface area contributed by atoms with Crippen LogP contribution in [0, 0.1) is 0 Å². The van der Waals surface area contributed by atoms with Crippen molar-refractivity contribution in [2.24, 2.45) is 0 Å². The van der Waals surface area contributed by atoms with E-state index in [1.807, 2.05) is 13.8 Å². The molecule has 0 aromatic heterocycles. The fourth-order valence-electron chi connectivity index (χ4n) is 0.136. The molecule has 2 heteroatoms. The minimum atomic E-state index is -0.00231. The lowest BCUT2D eigenvalue weighted by molar-refractivity contribution is 0.260. The summed E-state index contributed by atoms with van der Waals surface area (Å²) >= 11 is 1.43. The van der Waals surface area contributed by atoms with Crippen LogP contribution in [0.5, 0.6) is 0 Å². The second-order valence-corrected chi connectivity index (χ2v) is 2.85. The molecule has 0 unspecified atom stereocenters. The molecule has 6 heavy (non-hydrogen) atoms. The van der Waals surface area contributed by atoms with Gasteiger partial charge in [-0.2, -0.15) is 0 Å². The molecule has 0 bridgehead atoms. The van der Waals surface area contributed by atoms with Crippen molar-refractivity contribution < 1.29 is 5.11 Å². The number of rotatable bonds is 2. The molecule has 0 N–H and O–H groups in total. The van der Waals surface area contributed by atoms with Gasteiger partial charge >= 0.3 is 0 Å². The second-order valence-electron chi connectivity index (χ2n) is 1.33. The third-order valence-electron chi connectivity index (χ3n) is 0.401. The fraction of sp³-hybridized carbons (Fsp3) is 1.00. The molecule has 1 radical (unpaired) electrons. The van der Waals surface area contributed by atoms with E-state index < -0.39 is 0 Å². The molecule has 0 saturated heterocycles. The summed E-state index contributed by atoms with van der Waals surface area (Å²) in [7, 11) is 0. The molecule has 0 spiro atoms. The van der Waals surface area contributed by atoms with E-state index in [1.54, 1.807) is 0 Å². The van der Waals surface area contributed by atoms with Gasteiger partial charge in [0.1, 0.15) is 5.94 Å². The Labute approximate surface area is 42.8 Å². The zero-order valence-corrected chi connectivity index (χ0v) is 4.92. The molecule has 0 aromatic rings. The van der Waals surface area contributed by atoms with Crippen molar-refractivity contribution in [1.82, 2.24) is 0 Å². The molecule has 0 heterocycles. The predicted octanol–water partition coefficient (Wildman–Crippen LogP) is 1.52. The van der Waals surface area contributed by atoms with E-state index in [9.17, 15) is 5.11 Å². The smallest absolute Gasteiger partial charge is 0.128 e. The lowest BCUT2D eigenvalue weighted by Crippen LogP contribution is -1.85. The summed E-state index contributed by atoms with van der Waals surface area (Å²) in [6, 6.07) is 0. The number of hydrogen-bond acceptors (Lipinski definition) is 1. The molecule has 0 rings (SSSR count). The Balaban J connectivity index is 2.63. The first-order chi connectivity index (χ1) is 2.77. The third kappa shape index (κ3) is 4.31. The van der Waals surface area contributed by atoms with Gasteiger partial charge in [-0.1, -0.05) is 13.8 Å². The maximum atomic E-state index is 9.70. The van der Waals surface area contributed by atoms with Crippen LogP contribution in [0.3, 0.4) is 0 Å². The molecule has 0 saturated carbocycles. The summed E-state index contributed by atoms with van der Waals surface area (Å²) < 4.78 is 0. The van der Waals surface area contributed by atoms with Gasteiger partial charge in [-0.25, -0.2) is 5.11 Å². The highest BCUT2D eigenvalue weighted by atomic mass is 32.2. The average molecular weight is 105 g/mol. The van der Waals surface area contributed by atoms with Crippen LogP contribution in [0.4, 0.5) is 0 Å². The molecule has 0 aliphatic heterocycles. The van der Waals surface area contributed by atoms with E-state index in [4.69, 9.17) is 0 Å². The van der Waals surface area contributed by atoms with Crippen molar-refractivity contribution in [2.45, 2.75) is 19.1 Å². The first-order valence-electron chi connectivity index (χ1n) is 1.97. The Morgan fingerprint density at radius 1 is 1.67 bits per heavy atom. The van der Waals surface area contributed by atoms with Crippen molar-refractivity contribution in [3.05, 3.63) is 0 Å². The van der Waals surface area contributed by atoms with Crippen LogP contribution >= 0.6 is 11.8 Å². The molecule has 0 amide bonds. The van der Waals surface area contributed by atoms with Gasteiger partial charge < -0.3 is 0 Å². The summed E-state index contributed by atoms with van der Waals surface area (Å²) in [5.74, 6) is -0.00231. The van der Waals surface area contributed by atoms with E-state index >= 15 is 0 Å². The molecule has 1 nitrogen and oxygen atoms in total. The van der Waals surface area contributed by atoms with E-state index in [0.29, 0.717) is 5.25 Å². The Morgan fingerprint density at radius 3 is 2.17 bits per heavy atom. The third-order valence-corrected chi connectivity index (χ3v) is 1.20. The first-order valence-corrected chi connectivity index (χ1v) is 3.02. The monoisotopic (exact) mass is 105 g/mol. The summed E-state index contributed by atoms with van der Waals surface area (Å²) in [5, 5.41) is 10.2. The van der Waals surface area contributed by atoms with Crippen molar-refractivity contribution in [3.8, 4) is 0 Å². The molecular formula is C4H9OS.